The minimum Gasteiger partial charge on any atom is -0.495 e. The molecule has 0 aromatic heterocycles. The van der Waals surface area contributed by atoms with Gasteiger partial charge in [-0.05, 0) is 87.9 Å². The van der Waals surface area contributed by atoms with E-state index in [0.717, 1.165) is 62.2 Å². The minimum absolute atomic E-state index is 0.111. The molecule has 1 unspecified atom stereocenters. The van der Waals surface area contributed by atoms with Crippen LogP contribution < -0.4 is 25.6 Å². The lowest BCUT2D eigenvalue weighted by Crippen LogP contribution is -2.54. The van der Waals surface area contributed by atoms with Crippen LogP contribution in [0, 0.1) is 12.8 Å². The second kappa shape index (κ2) is 13.4. The molecule has 0 radical (unpaired) electrons. The summed E-state index contributed by atoms with van der Waals surface area (Å²) in [6.07, 6.45) is 5.09. The molecule has 3 N–H and O–H groups in total. The highest BCUT2D eigenvalue weighted by Gasteiger charge is 2.45. The van der Waals surface area contributed by atoms with Gasteiger partial charge in [-0.1, -0.05) is 0 Å². The third kappa shape index (κ3) is 6.23. The van der Waals surface area contributed by atoms with Crippen molar-refractivity contribution in [3.63, 3.8) is 0 Å². The molecule has 48 heavy (non-hydrogen) atoms. The van der Waals surface area contributed by atoms with Crippen LogP contribution in [0.25, 0.3) is 0 Å². The Hall–Kier alpha value is -4.16. The highest BCUT2D eigenvalue weighted by Crippen LogP contribution is 2.35. The van der Waals surface area contributed by atoms with Crippen molar-refractivity contribution in [2.24, 2.45) is 5.92 Å². The van der Waals surface area contributed by atoms with Crippen molar-refractivity contribution in [2.45, 2.75) is 57.5 Å². The standard InChI is InChI=1S/C36H47N7O5/c1-23-19-29(37)32(48-2)21-31(23)42-13-9-25(10-14-42)40-11-7-24(8-12-40)22-39-15-17-41(18-16-39)26-3-4-27-28(20-26)36(47)43(35(27)46)30-5-6-33(44)38-34(30)45/h3-4,19-21,24-25,30H,5-18,22,37H2,1-2H3,(H,38,44,45). The average molecular weight is 658 g/mol. The van der Waals surface area contributed by atoms with E-state index in [9.17, 15) is 19.2 Å². The molecule has 256 valence electrons. The molecule has 1 atom stereocenters. The van der Waals surface area contributed by atoms with Gasteiger partial charge >= 0.3 is 0 Å². The zero-order valence-corrected chi connectivity index (χ0v) is 28.1. The molecule has 0 bridgehead atoms. The van der Waals surface area contributed by atoms with Gasteiger partial charge in [-0.2, -0.15) is 0 Å². The number of anilines is 3. The van der Waals surface area contributed by atoms with Gasteiger partial charge in [-0.15, -0.1) is 0 Å². The summed E-state index contributed by atoms with van der Waals surface area (Å²) in [5.41, 5.74) is 10.8. The van der Waals surface area contributed by atoms with Gasteiger partial charge in [0.2, 0.25) is 11.8 Å². The molecule has 4 saturated heterocycles. The number of nitrogens with one attached hydrogen (secondary N) is 1. The Kier molecular flexibility index (Phi) is 9.04. The van der Waals surface area contributed by atoms with Crippen LogP contribution in [-0.2, 0) is 9.59 Å². The summed E-state index contributed by atoms with van der Waals surface area (Å²) < 4.78 is 5.48. The number of imide groups is 2. The first-order valence-corrected chi connectivity index (χ1v) is 17.5. The lowest BCUT2D eigenvalue weighted by molar-refractivity contribution is -0.136. The van der Waals surface area contributed by atoms with Crippen molar-refractivity contribution in [3.8, 4) is 5.75 Å². The molecule has 4 amide bonds. The number of fused-ring (bicyclic) bond motifs is 1. The topological polar surface area (TPSA) is 132 Å². The number of likely N-dealkylation sites (tertiary alicyclic amines) is 1. The molecule has 5 aliphatic heterocycles. The Morgan fingerprint density at radius 1 is 0.812 bits per heavy atom. The molecule has 0 spiro atoms. The fourth-order valence-corrected chi connectivity index (χ4v) is 8.40. The number of rotatable bonds is 7. The van der Waals surface area contributed by atoms with E-state index in [1.807, 2.05) is 12.1 Å². The predicted molar refractivity (Wildman–Crippen MR) is 183 cm³/mol. The number of aryl methyl sites for hydroxylation is 1. The molecule has 12 heteroatoms. The van der Waals surface area contributed by atoms with E-state index < -0.39 is 23.8 Å². The van der Waals surface area contributed by atoms with E-state index in [4.69, 9.17) is 10.5 Å². The zero-order valence-electron chi connectivity index (χ0n) is 28.1. The molecule has 2 aromatic carbocycles. The van der Waals surface area contributed by atoms with Gasteiger partial charge < -0.3 is 25.2 Å². The van der Waals surface area contributed by atoms with Crippen LogP contribution in [0.5, 0.6) is 5.75 Å². The quantitative estimate of drug-likeness (QED) is 0.338. The first kappa shape index (κ1) is 32.4. The van der Waals surface area contributed by atoms with E-state index in [1.54, 1.807) is 19.2 Å². The van der Waals surface area contributed by atoms with Gasteiger partial charge in [0.1, 0.15) is 11.8 Å². The van der Waals surface area contributed by atoms with Crippen LogP contribution in [0.2, 0.25) is 0 Å². The van der Waals surface area contributed by atoms with E-state index in [0.29, 0.717) is 28.8 Å². The van der Waals surface area contributed by atoms with E-state index in [-0.39, 0.29) is 18.7 Å². The smallest absolute Gasteiger partial charge is 0.262 e. The molecular formula is C36H47N7O5. The van der Waals surface area contributed by atoms with Crippen LogP contribution in [-0.4, -0.2) is 116 Å². The van der Waals surface area contributed by atoms with Crippen LogP contribution in [0.3, 0.4) is 0 Å². The number of hydrogen-bond acceptors (Lipinski definition) is 10. The number of nitrogen functional groups attached to an aromatic ring is 1. The average Bonchev–Trinajstić information content (AvgIpc) is 3.34. The number of carbonyl (C=O) groups is 4. The normalized spacial score (nSPS) is 23.5. The Morgan fingerprint density at radius 2 is 1.52 bits per heavy atom. The number of methoxy groups -OCH3 is 1. The van der Waals surface area contributed by atoms with E-state index >= 15 is 0 Å². The summed E-state index contributed by atoms with van der Waals surface area (Å²) in [6.45, 7) is 11.3. The molecule has 7 rings (SSSR count). The third-order valence-electron chi connectivity index (χ3n) is 11.2. The fourth-order valence-electron chi connectivity index (χ4n) is 8.40. The van der Waals surface area contributed by atoms with Crippen molar-refractivity contribution < 1.29 is 23.9 Å². The molecule has 2 aromatic rings. The summed E-state index contributed by atoms with van der Waals surface area (Å²) in [5, 5.41) is 2.25. The number of ether oxygens (including phenoxy) is 1. The number of piperazine rings is 1. The van der Waals surface area contributed by atoms with Crippen molar-refractivity contribution in [1.29, 1.82) is 0 Å². The highest BCUT2D eigenvalue weighted by atomic mass is 16.5. The number of carbonyl (C=O) groups excluding carboxylic acids is 4. The second-order valence-corrected chi connectivity index (χ2v) is 14.0. The molecule has 0 aliphatic carbocycles. The van der Waals surface area contributed by atoms with Gasteiger partial charge in [0.25, 0.3) is 11.8 Å². The lowest BCUT2D eigenvalue weighted by atomic mass is 9.92. The SMILES string of the molecule is COc1cc(N2CCC(N3CCC(CN4CCN(c5ccc6c(c5)C(=O)N(C5CCC(=O)NC5=O)C6=O)CC4)CC3)CC2)c(C)cc1N. The van der Waals surface area contributed by atoms with Gasteiger partial charge in [-0.3, -0.25) is 34.3 Å². The number of amides is 4. The monoisotopic (exact) mass is 657 g/mol. The van der Waals surface area contributed by atoms with Crippen LogP contribution in [0.4, 0.5) is 17.1 Å². The first-order chi connectivity index (χ1) is 23.2. The number of nitrogens with two attached hydrogens (primary N) is 1. The van der Waals surface area contributed by atoms with Gasteiger partial charge in [-0.25, -0.2) is 0 Å². The predicted octanol–water partition coefficient (Wildman–Crippen LogP) is 2.49. The maximum Gasteiger partial charge on any atom is 0.262 e. The van der Waals surface area contributed by atoms with Crippen molar-refractivity contribution in [1.82, 2.24) is 20.0 Å². The summed E-state index contributed by atoms with van der Waals surface area (Å²) in [7, 11) is 1.67. The number of benzene rings is 2. The van der Waals surface area contributed by atoms with Crippen LogP contribution in [0.15, 0.2) is 30.3 Å². The number of hydrogen-bond donors (Lipinski definition) is 2. The summed E-state index contributed by atoms with van der Waals surface area (Å²) in [5.74, 6) is -0.431. The van der Waals surface area contributed by atoms with Crippen molar-refractivity contribution in [2.75, 3.05) is 81.5 Å². The van der Waals surface area contributed by atoms with Crippen molar-refractivity contribution in [3.05, 3.63) is 47.0 Å². The summed E-state index contributed by atoms with van der Waals surface area (Å²) in [4.78, 5) is 61.4. The number of nitrogens with zero attached hydrogens (tertiary/aromatic N) is 5. The van der Waals surface area contributed by atoms with E-state index in [1.165, 1.54) is 50.0 Å². The maximum atomic E-state index is 13.3. The Labute approximate surface area is 282 Å². The van der Waals surface area contributed by atoms with E-state index in [2.05, 4.69) is 37.9 Å². The van der Waals surface area contributed by atoms with Crippen LogP contribution in [0.1, 0.15) is 64.8 Å². The second-order valence-electron chi connectivity index (χ2n) is 14.0. The summed E-state index contributed by atoms with van der Waals surface area (Å²) in [6, 6.07) is 9.21. The zero-order chi connectivity index (χ0) is 33.5. The van der Waals surface area contributed by atoms with Gasteiger partial charge in [0.05, 0.1) is 23.9 Å². The third-order valence-corrected chi connectivity index (χ3v) is 11.2. The Balaban J connectivity index is 0.865. The Morgan fingerprint density at radius 3 is 2.21 bits per heavy atom. The molecule has 12 nitrogen and oxygen atoms in total. The highest BCUT2D eigenvalue weighted by molar-refractivity contribution is 6.23. The molecular weight excluding hydrogens is 610 g/mol. The Bertz CT molecular complexity index is 1590. The first-order valence-electron chi connectivity index (χ1n) is 17.5. The maximum absolute atomic E-state index is 13.3. The van der Waals surface area contributed by atoms with Gasteiger partial charge in [0, 0.05) is 75.7 Å². The van der Waals surface area contributed by atoms with Crippen molar-refractivity contribution >= 4 is 40.7 Å². The molecule has 4 fully saturated rings. The fraction of sp³-hybridized carbons (Fsp3) is 0.556. The van der Waals surface area contributed by atoms with Crippen LogP contribution >= 0.6 is 0 Å². The molecule has 0 saturated carbocycles. The minimum atomic E-state index is -0.947. The molecule has 5 heterocycles. The van der Waals surface area contributed by atoms with Gasteiger partial charge in [0.15, 0.2) is 0 Å². The molecule has 5 aliphatic rings. The summed E-state index contributed by atoms with van der Waals surface area (Å²) >= 11 is 0. The lowest BCUT2D eigenvalue weighted by Gasteiger charge is -2.44. The largest absolute Gasteiger partial charge is 0.495 e. The number of piperidine rings is 3.